The first kappa shape index (κ1) is 25.9. The van der Waals surface area contributed by atoms with Gasteiger partial charge in [0, 0.05) is 10.8 Å². The molecule has 1 heterocycles. The molecule has 24 heavy (non-hydrogen) atoms. The summed E-state index contributed by atoms with van der Waals surface area (Å²) in [7, 11) is 0. The zero-order valence-corrected chi connectivity index (χ0v) is 18.7. The number of hydrogen-bond acceptors (Lipinski definition) is 1. The van der Waals surface area contributed by atoms with Crippen molar-refractivity contribution in [3.63, 3.8) is 0 Å². The fraction of sp³-hybridized carbons (Fsp3) is 0.826. The Morgan fingerprint density at radius 3 is 1.29 bits per heavy atom. The van der Waals surface area contributed by atoms with Crippen molar-refractivity contribution in [1.82, 2.24) is 0 Å². The van der Waals surface area contributed by atoms with Gasteiger partial charge >= 0.3 is 0 Å². The molecule has 0 unspecified atom stereocenters. The standard InChI is InChI=1S/C13H22S.C9H20.CH4/c1-12(2,3)11(13(4,5)6)10-8-7-9-14-10;1-8(2,3)7-9(4,5)6;/h7-9,11H,1-6H3;7H2,1-6H3;1H4. The first-order valence-electron chi connectivity index (χ1n) is 8.97. The second-order valence-electron chi connectivity index (χ2n) is 11.5. The number of rotatable bonds is 1. The Morgan fingerprint density at radius 2 is 1.12 bits per heavy atom. The van der Waals surface area contributed by atoms with Crippen molar-refractivity contribution in [3.8, 4) is 0 Å². The summed E-state index contributed by atoms with van der Waals surface area (Å²) in [6.45, 7) is 27.8. The highest BCUT2D eigenvalue weighted by atomic mass is 32.1. The Hall–Kier alpha value is -0.300. The molecule has 0 radical (unpaired) electrons. The van der Waals surface area contributed by atoms with Gasteiger partial charge in [0.05, 0.1) is 0 Å². The molecule has 0 nitrogen and oxygen atoms in total. The smallest absolute Gasteiger partial charge is 0.00866 e. The van der Waals surface area contributed by atoms with Gasteiger partial charge in [-0.15, -0.1) is 11.3 Å². The molecule has 0 aliphatic rings. The molecule has 1 rings (SSSR count). The zero-order chi connectivity index (χ0) is 18.7. The minimum Gasteiger partial charge on any atom is -0.149 e. The summed E-state index contributed by atoms with van der Waals surface area (Å²) in [6, 6.07) is 4.43. The molecule has 0 amide bonds. The van der Waals surface area contributed by atoms with Gasteiger partial charge in [0.15, 0.2) is 0 Å². The Balaban J connectivity index is 0. The lowest BCUT2D eigenvalue weighted by molar-refractivity contribution is 0.179. The van der Waals surface area contributed by atoms with Crippen molar-refractivity contribution in [3.05, 3.63) is 22.4 Å². The third kappa shape index (κ3) is 11.3. The van der Waals surface area contributed by atoms with Crippen LogP contribution >= 0.6 is 11.3 Å². The molecule has 0 spiro atoms. The van der Waals surface area contributed by atoms with E-state index in [9.17, 15) is 0 Å². The Bertz CT molecular complexity index is 398. The quantitative estimate of drug-likeness (QED) is 0.472. The fourth-order valence-corrected chi connectivity index (χ4v) is 5.51. The van der Waals surface area contributed by atoms with Gasteiger partial charge in [-0.2, -0.15) is 0 Å². The van der Waals surface area contributed by atoms with Crippen LogP contribution in [0.25, 0.3) is 0 Å². The van der Waals surface area contributed by atoms with E-state index in [1.807, 2.05) is 11.3 Å². The molecule has 0 saturated heterocycles. The maximum absolute atomic E-state index is 2.34. The van der Waals surface area contributed by atoms with E-state index >= 15 is 0 Å². The molecule has 0 fully saturated rings. The summed E-state index contributed by atoms with van der Waals surface area (Å²) >= 11 is 1.88. The Kier molecular flexibility index (Phi) is 9.59. The van der Waals surface area contributed by atoms with E-state index in [1.54, 1.807) is 0 Å². The van der Waals surface area contributed by atoms with Crippen LogP contribution in [-0.2, 0) is 0 Å². The van der Waals surface area contributed by atoms with Gasteiger partial charge in [-0.3, -0.25) is 0 Å². The molecule has 1 aromatic rings. The third-order valence-electron chi connectivity index (χ3n) is 3.62. The number of hydrogen-bond donors (Lipinski definition) is 0. The first-order valence-corrected chi connectivity index (χ1v) is 9.85. The lowest BCUT2D eigenvalue weighted by Crippen LogP contribution is -2.29. The minimum atomic E-state index is 0. The van der Waals surface area contributed by atoms with Crippen molar-refractivity contribution in [2.45, 2.75) is 103 Å². The summed E-state index contributed by atoms with van der Waals surface area (Å²) in [5, 5.41) is 2.18. The molecule has 1 heteroatoms. The van der Waals surface area contributed by atoms with Crippen LogP contribution in [0, 0.1) is 21.7 Å². The van der Waals surface area contributed by atoms with Crippen molar-refractivity contribution < 1.29 is 0 Å². The highest BCUT2D eigenvalue weighted by Crippen LogP contribution is 2.48. The van der Waals surface area contributed by atoms with Crippen LogP contribution in [0.15, 0.2) is 17.5 Å². The monoisotopic (exact) mass is 354 g/mol. The van der Waals surface area contributed by atoms with E-state index in [0.717, 1.165) is 0 Å². The summed E-state index contributed by atoms with van der Waals surface area (Å²) in [5.74, 6) is 0.634. The lowest BCUT2D eigenvalue weighted by Gasteiger charge is -2.40. The highest BCUT2D eigenvalue weighted by Gasteiger charge is 2.36. The van der Waals surface area contributed by atoms with Gasteiger partial charge in [0.1, 0.15) is 0 Å². The molecule has 0 saturated carbocycles. The molecule has 1 aromatic heterocycles. The molecule has 0 N–H and O–H groups in total. The molecule has 0 aliphatic heterocycles. The molecular weight excluding hydrogens is 308 g/mol. The summed E-state index contributed by atoms with van der Waals surface area (Å²) in [5.41, 5.74) is 1.64. The normalized spacial score (nSPS) is 13.2. The minimum absolute atomic E-state index is 0. The van der Waals surface area contributed by atoms with E-state index in [2.05, 4.69) is 101 Å². The van der Waals surface area contributed by atoms with Crippen LogP contribution in [0.4, 0.5) is 0 Å². The van der Waals surface area contributed by atoms with Gasteiger partial charge in [-0.1, -0.05) is 96.6 Å². The second kappa shape index (κ2) is 8.88. The maximum atomic E-state index is 2.34. The molecule has 0 atom stereocenters. The summed E-state index contributed by atoms with van der Waals surface area (Å²) in [6.07, 6.45) is 1.29. The van der Waals surface area contributed by atoms with Crippen molar-refractivity contribution in [1.29, 1.82) is 0 Å². The average Bonchev–Trinajstić information content (AvgIpc) is 2.59. The van der Waals surface area contributed by atoms with Gasteiger partial charge in [-0.25, -0.2) is 0 Å². The van der Waals surface area contributed by atoms with E-state index in [4.69, 9.17) is 0 Å². The largest absolute Gasteiger partial charge is 0.149 e. The predicted octanol–water partition coefficient (Wildman–Crippen LogP) is 9.03. The second-order valence-corrected chi connectivity index (χ2v) is 12.5. The van der Waals surface area contributed by atoms with Gasteiger partial charge in [0.2, 0.25) is 0 Å². The fourth-order valence-electron chi connectivity index (χ4n) is 4.20. The Labute approximate surface area is 158 Å². The van der Waals surface area contributed by atoms with E-state index in [0.29, 0.717) is 27.6 Å². The van der Waals surface area contributed by atoms with Crippen molar-refractivity contribution >= 4 is 11.3 Å². The lowest BCUT2D eigenvalue weighted by atomic mass is 9.66. The van der Waals surface area contributed by atoms with Crippen molar-refractivity contribution in [2.24, 2.45) is 21.7 Å². The van der Waals surface area contributed by atoms with Crippen LogP contribution in [0.3, 0.4) is 0 Å². The van der Waals surface area contributed by atoms with Crippen LogP contribution < -0.4 is 0 Å². The van der Waals surface area contributed by atoms with E-state index in [1.165, 1.54) is 11.3 Å². The van der Waals surface area contributed by atoms with Gasteiger partial charge in [0.25, 0.3) is 0 Å². The molecule has 0 aromatic carbocycles. The maximum Gasteiger partial charge on any atom is 0.00866 e. The zero-order valence-electron chi connectivity index (χ0n) is 17.9. The molecule has 0 aliphatic carbocycles. The third-order valence-corrected chi connectivity index (χ3v) is 4.56. The van der Waals surface area contributed by atoms with Crippen LogP contribution in [0.1, 0.15) is 108 Å². The Morgan fingerprint density at radius 1 is 0.750 bits per heavy atom. The van der Waals surface area contributed by atoms with Crippen molar-refractivity contribution in [2.75, 3.05) is 0 Å². The van der Waals surface area contributed by atoms with Crippen LogP contribution in [0.2, 0.25) is 0 Å². The average molecular weight is 355 g/mol. The number of thiophene rings is 1. The van der Waals surface area contributed by atoms with E-state index in [-0.39, 0.29) is 7.43 Å². The first-order chi connectivity index (χ1) is 9.93. The van der Waals surface area contributed by atoms with Gasteiger partial charge in [-0.05, 0) is 39.5 Å². The summed E-state index contributed by atoms with van der Waals surface area (Å²) in [4.78, 5) is 1.52. The van der Waals surface area contributed by atoms with Crippen LogP contribution in [0.5, 0.6) is 0 Å². The molecular formula is C23H46S. The molecule has 144 valence electrons. The predicted molar refractivity (Wildman–Crippen MR) is 116 cm³/mol. The van der Waals surface area contributed by atoms with Crippen LogP contribution in [-0.4, -0.2) is 0 Å². The SMILES string of the molecule is C.CC(C)(C)C(c1cccs1)C(C)(C)C.CC(C)(C)CC(C)(C)C. The summed E-state index contributed by atoms with van der Waals surface area (Å²) < 4.78 is 0. The molecule has 0 bridgehead atoms. The topological polar surface area (TPSA) is 0 Å². The van der Waals surface area contributed by atoms with Gasteiger partial charge < -0.3 is 0 Å². The van der Waals surface area contributed by atoms with E-state index < -0.39 is 0 Å². The highest BCUT2D eigenvalue weighted by molar-refractivity contribution is 7.10.